The van der Waals surface area contributed by atoms with Crippen molar-refractivity contribution in [3.63, 3.8) is 0 Å². The zero-order chi connectivity index (χ0) is 11.4. The zero-order valence-electron chi connectivity index (χ0n) is 9.17. The lowest BCUT2D eigenvalue weighted by molar-refractivity contribution is 0.0938. The highest BCUT2D eigenvalue weighted by molar-refractivity contribution is 9.09. The van der Waals surface area contributed by atoms with Crippen molar-refractivity contribution in [3.05, 3.63) is 29.1 Å². The Morgan fingerprint density at radius 3 is 2.73 bits per heavy atom. The molecule has 1 unspecified atom stereocenters. The number of carbonyl (C=O) groups excluding carboxylic acids is 1. The normalized spacial score (nSPS) is 12.3. The summed E-state index contributed by atoms with van der Waals surface area (Å²) in [6.07, 6.45) is 0. The molecule has 0 bridgehead atoms. The van der Waals surface area contributed by atoms with Crippen LogP contribution in [-0.2, 0) is 0 Å². The molecule has 0 saturated carbocycles. The largest absolute Gasteiger partial charge is 0.347 e. The molecule has 1 N–H and O–H groups in total. The van der Waals surface area contributed by atoms with Crippen molar-refractivity contribution < 1.29 is 4.79 Å². The summed E-state index contributed by atoms with van der Waals surface area (Å²) in [5, 5.41) is 3.58. The van der Waals surface area contributed by atoms with Crippen LogP contribution in [0.15, 0.2) is 12.1 Å². The molecule has 1 rings (SSSR count). The van der Waals surface area contributed by atoms with Gasteiger partial charge < -0.3 is 5.32 Å². The summed E-state index contributed by atoms with van der Waals surface area (Å²) in [4.78, 5) is 15.9. The van der Waals surface area contributed by atoms with Crippen LogP contribution in [0.5, 0.6) is 0 Å². The molecule has 0 aliphatic heterocycles. The summed E-state index contributed by atoms with van der Waals surface area (Å²) < 4.78 is 0. The van der Waals surface area contributed by atoms with Gasteiger partial charge >= 0.3 is 0 Å². The van der Waals surface area contributed by atoms with E-state index in [1.54, 1.807) is 6.07 Å². The molecule has 1 amide bonds. The predicted molar refractivity (Wildman–Crippen MR) is 64.4 cm³/mol. The van der Waals surface area contributed by atoms with Gasteiger partial charge in [-0.1, -0.05) is 22.0 Å². The van der Waals surface area contributed by atoms with Gasteiger partial charge in [-0.05, 0) is 32.4 Å². The van der Waals surface area contributed by atoms with Crippen molar-refractivity contribution in [2.45, 2.75) is 26.8 Å². The maximum Gasteiger partial charge on any atom is 0.270 e. The first-order valence-corrected chi connectivity index (χ1v) is 5.98. The van der Waals surface area contributed by atoms with E-state index in [1.165, 1.54) is 0 Å². The van der Waals surface area contributed by atoms with E-state index in [0.29, 0.717) is 5.69 Å². The first-order chi connectivity index (χ1) is 7.04. The SMILES string of the molecule is Cc1ccc(C(=O)NC(C)CBr)nc1C. The number of hydrogen-bond acceptors (Lipinski definition) is 2. The van der Waals surface area contributed by atoms with Gasteiger partial charge in [0.05, 0.1) is 0 Å². The molecule has 1 aromatic heterocycles. The Labute approximate surface area is 98.4 Å². The monoisotopic (exact) mass is 270 g/mol. The van der Waals surface area contributed by atoms with Gasteiger partial charge in [0, 0.05) is 17.1 Å². The second-order valence-corrected chi connectivity index (χ2v) is 4.28. The van der Waals surface area contributed by atoms with Crippen LogP contribution in [0.4, 0.5) is 0 Å². The lowest BCUT2D eigenvalue weighted by Crippen LogP contribution is -2.34. The number of amides is 1. The first kappa shape index (κ1) is 12.2. The van der Waals surface area contributed by atoms with Crippen LogP contribution in [0.3, 0.4) is 0 Å². The summed E-state index contributed by atoms with van der Waals surface area (Å²) >= 11 is 3.31. The Kier molecular flexibility index (Phi) is 4.27. The quantitative estimate of drug-likeness (QED) is 0.856. The molecule has 4 heteroatoms. The second-order valence-electron chi connectivity index (χ2n) is 3.63. The first-order valence-electron chi connectivity index (χ1n) is 4.85. The molecule has 0 saturated heterocycles. The summed E-state index contributed by atoms with van der Waals surface area (Å²) in [6.45, 7) is 5.82. The number of nitrogens with one attached hydrogen (secondary N) is 1. The van der Waals surface area contributed by atoms with Gasteiger partial charge in [0.1, 0.15) is 5.69 Å². The molecule has 82 valence electrons. The molecule has 0 aromatic carbocycles. The second kappa shape index (κ2) is 5.26. The molecule has 1 aromatic rings. The number of nitrogens with zero attached hydrogens (tertiary/aromatic N) is 1. The van der Waals surface area contributed by atoms with E-state index in [9.17, 15) is 4.79 Å². The van der Waals surface area contributed by atoms with Gasteiger partial charge in [0.15, 0.2) is 0 Å². The highest BCUT2D eigenvalue weighted by atomic mass is 79.9. The van der Waals surface area contributed by atoms with Crippen molar-refractivity contribution in [3.8, 4) is 0 Å². The van der Waals surface area contributed by atoms with Crippen molar-refractivity contribution in [2.75, 3.05) is 5.33 Å². The standard InChI is InChI=1S/C11H15BrN2O/c1-7-4-5-10(14-9(7)3)11(15)13-8(2)6-12/h4-5,8H,6H2,1-3H3,(H,13,15). The van der Waals surface area contributed by atoms with E-state index < -0.39 is 0 Å². The van der Waals surface area contributed by atoms with Crippen LogP contribution in [0, 0.1) is 13.8 Å². The lowest BCUT2D eigenvalue weighted by atomic mass is 10.2. The lowest BCUT2D eigenvalue weighted by Gasteiger charge is -2.10. The number of halogens is 1. The van der Waals surface area contributed by atoms with Gasteiger partial charge in [0.2, 0.25) is 0 Å². The Morgan fingerprint density at radius 2 is 2.20 bits per heavy atom. The molecule has 0 aliphatic carbocycles. The molecule has 15 heavy (non-hydrogen) atoms. The molecule has 1 heterocycles. The van der Waals surface area contributed by atoms with Gasteiger partial charge in [-0.25, -0.2) is 4.98 Å². The fraction of sp³-hybridized carbons (Fsp3) is 0.455. The number of aryl methyl sites for hydroxylation is 2. The summed E-state index contributed by atoms with van der Waals surface area (Å²) in [5.74, 6) is -0.120. The number of alkyl halides is 1. The Bertz CT molecular complexity index is 366. The predicted octanol–water partition coefficient (Wildman–Crippen LogP) is 2.21. The minimum absolute atomic E-state index is 0.112. The Hall–Kier alpha value is -0.900. The average Bonchev–Trinajstić information content (AvgIpc) is 2.21. The van der Waals surface area contributed by atoms with Gasteiger partial charge in [-0.2, -0.15) is 0 Å². The van der Waals surface area contributed by atoms with Crippen LogP contribution in [0.1, 0.15) is 28.7 Å². The fourth-order valence-corrected chi connectivity index (χ4v) is 1.26. The number of pyridine rings is 1. The zero-order valence-corrected chi connectivity index (χ0v) is 10.8. The molecule has 0 radical (unpaired) electrons. The molecule has 3 nitrogen and oxygen atoms in total. The minimum Gasteiger partial charge on any atom is -0.347 e. The molecule has 0 fully saturated rings. The molecule has 0 aliphatic rings. The van der Waals surface area contributed by atoms with Crippen molar-refractivity contribution in [1.29, 1.82) is 0 Å². The number of hydrogen-bond donors (Lipinski definition) is 1. The van der Waals surface area contributed by atoms with Crippen LogP contribution >= 0.6 is 15.9 Å². The molecular weight excluding hydrogens is 256 g/mol. The van der Waals surface area contributed by atoms with E-state index in [1.807, 2.05) is 26.8 Å². The fourth-order valence-electron chi connectivity index (χ4n) is 1.09. The van der Waals surface area contributed by atoms with Crippen LogP contribution in [0.25, 0.3) is 0 Å². The third-order valence-electron chi connectivity index (χ3n) is 2.19. The average molecular weight is 271 g/mol. The van der Waals surface area contributed by atoms with E-state index in [2.05, 4.69) is 26.2 Å². The Balaban J connectivity index is 2.78. The number of aromatic nitrogens is 1. The summed E-state index contributed by atoms with van der Waals surface area (Å²) in [7, 11) is 0. The molecular formula is C11H15BrN2O. The minimum atomic E-state index is -0.120. The van der Waals surface area contributed by atoms with Crippen molar-refractivity contribution in [2.24, 2.45) is 0 Å². The molecule has 0 spiro atoms. The highest BCUT2D eigenvalue weighted by Gasteiger charge is 2.10. The number of carbonyl (C=O) groups is 1. The summed E-state index contributed by atoms with van der Waals surface area (Å²) in [5.41, 5.74) is 2.47. The Morgan fingerprint density at radius 1 is 1.53 bits per heavy atom. The van der Waals surface area contributed by atoms with Gasteiger partial charge in [-0.3, -0.25) is 4.79 Å². The topological polar surface area (TPSA) is 42.0 Å². The van der Waals surface area contributed by atoms with Crippen LogP contribution < -0.4 is 5.32 Å². The third-order valence-corrected chi connectivity index (χ3v) is 3.16. The number of rotatable bonds is 3. The highest BCUT2D eigenvalue weighted by Crippen LogP contribution is 2.05. The van der Waals surface area contributed by atoms with E-state index in [-0.39, 0.29) is 11.9 Å². The smallest absolute Gasteiger partial charge is 0.270 e. The van der Waals surface area contributed by atoms with Crippen LogP contribution in [0.2, 0.25) is 0 Å². The van der Waals surface area contributed by atoms with E-state index >= 15 is 0 Å². The molecule has 1 atom stereocenters. The third kappa shape index (κ3) is 3.30. The van der Waals surface area contributed by atoms with E-state index in [0.717, 1.165) is 16.6 Å². The van der Waals surface area contributed by atoms with Gasteiger partial charge in [-0.15, -0.1) is 0 Å². The van der Waals surface area contributed by atoms with Crippen LogP contribution in [-0.4, -0.2) is 22.3 Å². The maximum atomic E-state index is 11.7. The van der Waals surface area contributed by atoms with Crippen molar-refractivity contribution >= 4 is 21.8 Å². The summed E-state index contributed by atoms with van der Waals surface area (Å²) in [6, 6.07) is 3.77. The van der Waals surface area contributed by atoms with Gasteiger partial charge in [0.25, 0.3) is 5.91 Å². The maximum absolute atomic E-state index is 11.7. The van der Waals surface area contributed by atoms with E-state index in [4.69, 9.17) is 0 Å². The van der Waals surface area contributed by atoms with Crippen molar-refractivity contribution in [1.82, 2.24) is 10.3 Å².